The van der Waals surface area contributed by atoms with Crippen molar-refractivity contribution in [2.75, 3.05) is 11.4 Å². The molecule has 3 aromatic rings. The number of amides is 1. The highest BCUT2D eigenvalue weighted by Gasteiger charge is 2.26. The first-order valence-corrected chi connectivity index (χ1v) is 11.5. The molecule has 34 heavy (non-hydrogen) atoms. The smallest absolute Gasteiger partial charge is 0.338 e. The molecule has 2 heterocycles. The number of carbonyl (C=O) groups excluding carboxylic acids is 2. The third kappa shape index (κ3) is 4.84. The highest BCUT2D eigenvalue weighted by atomic mass is 16.5. The van der Waals surface area contributed by atoms with Gasteiger partial charge in [-0.25, -0.2) is 9.78 Å². The molecule has 0 spiro atoms. The van der Waals surface area contributed by atoms with Crippen LogP contribution in [0.25, 0.3) is 10.9 Å². The van der Waals surface area contributed by atoms with Crippen molar-refractivity contribution in [1.82, 2.24) is 9.55 Å². The van der Waals surface area contributed by atoms with E-state index in [9.17, 15) is 14.4 Å². The molecular formula is C26H26N4O4. The van der Waals surface area contributed by atoms with E-state index in [4.69, 9.17) is 10.00 Å². The predicted octanol–water partition coefficient (Wildman–Crippen LogP) is 3.62. The molecule has 0 aliphatic carbocycles. The zero-order chi connectivity index (χ0) is 24.1. The van der Waals surface area contributed by atoms with Crippen LogP contribution in [0.1, 0.15) is 48.8 Å². The molecule has 0 saturated heterocycles. The number of aromatic nitrogens is 2. The van der Waals surface area contributed by atoms with E-state index < -0.39 is 18.0 Å². The van der Waals surface area contributed by atoms with Gasteiger partial charge in [0.15, 0.2) is 6.10 Å². The number of hydrogen-bond donors (Lipinski definition) is 0. The van der Waals surface area contributed by atoms with Gasteiger partial charge in [-0.2, -0.15) is 5.26 Å². The van der Waals surface area contributed by atoms with E-state index in [-0.39, 0.29) is 24.1 Å². The maximum Gasteiger partial charge on any atom is 0.338 e. The van der Waals surface area contributed by atoms with Gasteiger partial charge in [0.2, 0.25) is 0 Å². The Morgan fingerprint density at radius 3 is 2.74 bits per heavy atom. The van der Waals surface area contributed by atoms with Gasteiger partial charge in [0.1, 0.15) is 5.82 Å². The SMILES string of the molecule is CC(OC(=O)c1ccc2c(=O)n3c(nc2c1)CCCCC3)C(=O)N(CCC#N)c1ccccc1. The first-order valence-electron chi connectivity index (χ1n) is 11.5. The predicted molar refractivity (Wildman–Crippen MR) is 127 cm³/mol. The second-order valence-electron chi connectivity index (χ2n) is 8.31. The summed E-state index contributed by atoms with van der Waals surface area (Å²) in [5.74, 6) is -0.356. The van der Waals surface area contributed by atoms with Crippen molar-refractivity contribution in [2.24, 2.45) is 0 Å². The van der Waals surface area contributed by atoms with Crippen molar-refractivity contribution in [3.63, 3.8) is 0 Å². The van der Waals surface area contributed by atoms with Gasteiger partial charge in [0.05, 0.1) is 29.0 Å². The van der Waals surface area contributed by atoms with Crippen molar-refractivity contribution in [2.45, 2.75) is 51.7 Å². The summed E-state index contributed by atoms with van der Waals surface area (Å²) in [6.07, 6.45) is 2.79. The third-order valence-electron chi connectivity index (χ3n) is 5.96. The lowest BCUT2D eigenvalue weighted by Gasteiger charge is -2.25. The Kier molecular flexibility index (Phi) is 7.02. The normalized spacial score (nSPS) is 13.9. The molecule has 174 valence electrons. The molecule has 0 saturated carbocycles. The number of nitriles is 1. The molecule has 1 aliphatic rings. The summed E-state index contributed by atoms with van der Waals surface area (Å²) in [4.78, 5) is 44.9. The standard InChI is InChI=1S/C26H26N4O4/c1-18(24(31)29(16-8-14-27)20-9-4-2-5-10-20)34-26(33)19-12-13-21-22(17-19)28-23-11-6-3-7-15-30(23)25(21)32/h2,4-5,9-10,12-13,17-18H,3,6-8,11,15-16H2,1H3. The Morgan fingerprint density at radius 1 is 1.18 bits per heavy atom. The van der Waals surface area contributed by atoms with Gasteiger partial charge in [-0.3, -0.25) is 14.2 Å². The van der Waals surface area contributed by atoms with Crippen LogP contribution in [0.3, 0.4) is 0 Å². The molecule has 0 fully saturated rings. The summed E-state index contributed by atoms with van der Waals surface area (Å²) >= 11 is 0. The van der Waals surface area contributed by atoms with Crippen molar-refractivity contribution in [3.05, 3.63) is 70.3 Å². The molecule has 1 unspecified atom stereocenters. The minimum Gasteiger partial charge on any atom is -0.449 e. The van der Waals surface area contributed by atoms with Crippen LogP contribution < -0.4 is 10.5 Å². The Labute approximate surface area is 197 Å². The zero-order valence-electron chi connectivity index (χ0n) is 19.1. The Hall–Kier alpha value is -3.99. The number of hydrogen-bond acceptors (Lipinski definition) is 6. The van der Waals surface area contributed by atoms with Crippen molar-refractivity contribution in [1.29, 1.82) is 5.26 Å². The van der Waals surface area contributed by atoms with E-state index in [0.717, 1.165) is 31.5 Å². The van der Waals surface area contributed by atoms with E-state index in [1.54, 1.807) is 41.0 Å². The summed E-state index contributed by atoms with van der Waals surface area (Å²) < 4.78 is 7.20. The first-order chi connectivity index (χ1) is 16.5. The number of fused-ring (bicyclic) bond motifs is 2. The number of benzene rings is 2. The lowest BCUT2D eigenvalue weighted by molar-refractivity contribution is -0.126. The van der Waals surface area contributed by atoms with Gasteiger partial charge in [-0.15, -0.1) is 0 Å². The highest BCUT2D eigenvalue weighted by molar-refractivity contribution is 6.00. The van der Waals surface area contributed by atoms with Crippen LogP contribution >= 0.6 is 0 Å². The summed E-state index contributed by atoms with van der Waals surface area (Å²) in [5.41, 5.74) is 1.20. The minimum atomic E-state index is -1.06. The average molecular weight is 459 g/mol. The highest BCUT2D eigenvalue weighted by Crippen LogP contribution is 2.19. The number of nitrogens with zero attached hydrogens (tertiary/aromatic N) is 4. The molecule has 4 rings (SSSR count). The van der Waals surface area contributed by atoms with Crippen molar-refractivity contribution >= 4 is 28.5 Å². The van der Waals surface area contributed by atoms with Gasteiger partial charge in [0, 0.05) is 25.2 Å². The van der Waals surface area contributed by atoms with Gasteiger partial charge >= 0.3 is 5.97 Å². The molecule has 1 aliphatic heterocycles. The molecular weight excluding hydrogens is 432 g/mol. The lowest BCUT2D eigenvalue weighted by Crippen LogP contribution is -2.40. The number of ether oxygens (including phenoxy) is 1. The number of aryl methyl sites for hydroxylation is 1. The topological polar surface area (TPSA) is 105 Å². The van der Waals surface area contributed by atoms with Gasteiger partial charge in [-0.1, -0.05) is 24.6 Å². The number of carbonyl (C=O) groups is 2. The third-order valence-corrected chi connectivity index (χ3v) is 5.96. The van der Waals surface area contributed by atoms with E-state index in [1.165, 1.54) is 17.9 Å². The number of rotatable bonds is 6. The summed E-state index contributed by atoms with van der Waals surface area (Å²) in [7, 11) is 0. The Morgan fingerprint density at radius 2 is 1.97 bits per heavy atom. The second-order valence-corrected chi connectivity index (χ2v) is 8.31. The molecule has 0 bridgehead atoms. The average Bonchev–Trinajstić information content (AvgIpc) is 3.10. The molecule has 1 amide bonds. The minimum absolute atomic E-state index is 0.0960. The van der Waals surface area contributed by atoms with Crippen molar-refractivity contribution < 1.29 is 14.3 Å². The van der Waals surface area contributed by atoms with Gasteiger partial charge in [0.25, 0.3) is 11.5 Å². The van der Waals surface area contributed by atoms with Gasteiger partial charge < -0.3 is 9.64 Å². The van der Waals surface area contributed by atoms with E-state index in [0.29, 0.717) is 23.1 Å². The molecule has 0 radical (unpaired) electrons. The van der Waals surface area contributed by atoms with E-state index in [2.05, 4.69) is 4.98 Å². The fourth-order valence-electron chi connectivity index (χ4n) is 4.18. The summed E-state index contributed by atoms with van der Waals surface area (Å²) in [6, 6.07) is 15.7. The van der Waals surface area contributed by atoms with Crippen LogP contribution in [0.2, 0.25) is 0 Å². The van der Waals surface area contributed by atoms with E-state index >= 15 is 0 Å². The molecule has 8 heteroatoms. The lowest BCUT2D eigenvalue weighted by atomic mass is 10.1. The summed E-state index contributed by atoms with van der Waals surface area (Å²) in [5, 5.41) is 9.43. The number of esters is 1. The first kappa shape index (κ1) is 23.2. The molecule has 2 aromatic carbocycles. The molecule has 8 nitrogen and oxygen atoms in total. The monoisotopic (exact) mass is 458 g/mol. The van der Waals surface area contributed by atoms with Crippen molar-refractivity contribution in [3.8, 4) is 6.07 Å². The fourth-order valence-corrected chi connectivity index (χ4v) is 4.18. The maximum atomic E-state index is 13.0. The van der Waals surface area contributed by atoms with E-state index in [1.807, 2.05) is 12.1 Å². The van der Waals surface area contributed by atoms with Crippen LogP contribution in [-0.2, 0) is 22.5 Å². The maximum absolute atomic E-state index is 13.0. The van der Waals surface area contributed by atoms with Gasteiger partial charge in [-0.05, 0) is 50.1 Å². The Balaban J connectivity index is 1.55. The molecule has 1 atom stereocenters. The number of anilines is 1. The van der Waals surface area contributed by atoms with Crippen LogP contribution in [0.15, 0.2) is 53.3 Å². The number of para-hydroxylation sites is 1. The quantitative estimate of drug-likeness (QED) is 0.523. The largest absolute Gasteiger partial charge is 0.449 e. The fraction of sp³-hybridized carbons (Fsp3) is 0.346. The summed E-state index contributed by atoms with van der Waals surface area (Å²) in [6.45, 7) is 2.36. The van der Waals surface area contributed by atoms with Crippen LogP contribution in [-0.4, -0.2) is 34.1 Å². The van der Waals surface area contributed by atoms with Crippen LogP contribution in [0.5, 0.6) is 0 Å². The van der Waals surface area contributed by atoms with Crippen LogP contribution in [0, 0.1) is 11.3 Å². The zero-order valence-corrected chi connectivity index (χ0v) is 19.1. The Bertz CT molecular complexity index is 1310. The molecule has 0 N–H and O–H groups in total. The van der Waals surface area contributed by atoms with Crippen LogP contribution in [0.4, 0.5) is 5.69 Å². The molecule has 1 aromatic heterocycles. The second kappa shape index (κ2) is 10.3.